The van der Waals surface area contributed by atoms with Crippen LogP contribution in [0.3, 0.4) is 0 Å². The number of hydrogen-bond donors (Lipinski definition) is 1. The van der Waals surface area contributed by atoms with E-state index >= 15 is 0 Å². The van der Waals surface area contributed by atoms with Crippen molar-refractivity contribution in [1.29, 1.82) is 0 Å². The van der Waals surface area contributed by atoms with Crippen LogP contribution in [0, 0.1) is 0 Å². The summed E-state index contributed by atoms with van der Waals surface area (Å²) in [7, 11) is -1.95. The van der Waals surface area contributed by atoms with E-state index in [1.807, 2.05) is 48.9 Å². The van der Waals surface area contributed by atoms with E-state index in [1.54, 1.807) is 12.1 Å². The molecule has 0 amide bonds. The Labute approximate surface area is 186 Å². The van der Waals surface area contributed by atoms with Gasteiger partial charge in [-0.25, -0.2) is 13.1 Å². The number of halogens is 1. The summed E-state index contributed by atoms with van der Waals surface area (Å²) in [6, 6.07) is 15.1. The number of thioether (sulfide) groups is 1. The van der Waals surface area contributed by atoms with E-state index in [1.165, 1.54) is 23.9 Å². The molecular weight excluding hydrogens is 440 g/mol. The minimum absolute atomic E-state index is 0.143. The first-order chi connectivity index (χ1) is 14.3. The quantitative estimate of drug-likeness (QED) is 0.376. The summed E-state index contributed by atoms with van der Waals surface area (Å²) in [5.74, 6) is 1.26. The maximum absolute atomic E-state index is 13.0. The minimum Gasteiger partial charge on any atom is -0.308 e. The van der Waals surface area contributed by atoms with E-state index in [4.69, 9.17) is 11.6 Å². The lowest BCUT2D eigenvalue weighted by Crippen LogP contribution is -2.32. The molecule has 0 fully saturated rings. The third kappa shape index (κ3) is 5.72. The fraction of sp³-hybridized carbons (Fsp3) is 0.238. The van der Waals surface area contributed by atoms with Crippen LogP contribution in [0.25, 0.3) is 0 Å². The Hall–Kier alpha value is -2.13. The molecule has 0 spiro atoms. The topological polar surface area (TPSA) is 76.9 Å². The fourth-order valence-corrected chi connectivity index (χ4v) is 4.93. The van der Waals surface area contributed by atoms with Crippen LogP contribution in [0.1, 0.15) is 24.4 Å². The van der Waals surface area contributed by atoms with Gasteiger partial charge in [0.1, 0.15) is 0 Å². The maximum atomic E-state index is 13.0. The van der Waals surface area contributed by atoms with Gasteiger partial charge >= 0.3 is 0 Å². The van der Waals surface area contributed by atoms with Crippen LogP contribution in [0.4, 0.5) is 0 Å². The van der Waals surface area contributed by atoms with Crippen LogP contribution in [-0.4, -0.2) is 28.9 Å². The van der Waals surface area contributed by atoms with Crippen molar-refractivity contribution in [3.8, 4) is 0 Å². The monoisotopic (exact) mass is 462 g/mol. The zero-order chi connectivity index (χ0) is 21.7. The molecule has 30 heavy (non-hydrogen) atoms. The third-order valence-electron chi connectivity index (χ3n) is 4.33. The number of benzene rings is 2. The Morgan fingerprint density at radius 2 is 1.83 bits per heavy atom. The Kier molecular flexibility index (Phi) is 7.36. The van der Waals surface area contributed by atoms with Gasteiger partial charge in [0.15, 0.2) is 11.0 Å². The number of aromatic nitrogens is 3. The first kappa shape index (κ1) is 22.6. The largest absolute Gasteiger partial charge is 0.308 e. The molecule has 3 aromatic rings. The minimum atomic E-state index is -3.79. The molecule has 3 rings (SSSR count). The van der Waals surface area contributed by atoms with E-state index in [-0.39, 0.29) is 4.90 Å². The normalized spacial score (nSPS) is 12.6. The molecule has 0 unspecified atom stereocenters. The average Bonchev–Trinajstić information content (AvgIpc) is 3.07. The van der Waals surface area contributed by atoms with Crippen molar-refractivity contribution in [2.45, 2.75) is 29.4 Å². The van der Waals surface area contributed by atoms with Gasteiger partial charge < -0.3 is 4.57 Å². The summed E-state index contributed by atoms with van der Waals surface area (Å²) in [5.41, 5.74) is 2.01. The second-order valence-electron chi connectivity index (χ2n) is 6.96. The zero-order valence-electron chi connectivity index (χ0n) is 16.7. The van der Waals surface area contributed by atoms with Crippen LogP contribution < -0.4 is 4.72 Å². The highest BCUT2D eigenvalue weighted by Gasteiger charge is 2.26. The van der Waals surface area contributed by atoms with Gasteiger partial charge in [-0.15, -0.1) is 10.2 Å². The molecule has 0 saturated heterocycles. The molecule has 2 aromatic carbocycles. The van der Waals surface area contributed by atoms with Crippen molar-refractivity contribution >= 4 is 33.4 Å². The second-order valence-corrected chi connectivity index (χ2v) is 10.1. The Bertz CT molecular complexity index is 1110. The van der Waals surface area contributed by atoms with Crippen LogP contribution in [0.5, 0.6) is 0 Å². The molecule has 6 nitrogen and oxygen atoms in total. The first-order valence-electron chi connectivity index (χ1n) is 9.24. The molecule has 0 radical (unpaired) electrons. The van der Waals surface area contributed by atoms with E-state index in [2.05, 4.69) is 21.5 Å². The van der Waals surface area contributed by atoms with Gasteiger partial charge in [-0.3, -0.25) is 0 Å². The Morgan fingerprint density at radius 3 is 2.47 bits per heavy atom. The van der Waals surface area contributed by atoms with E-state index < -0.39 is 16.1 Å². The van der Waals surface area contributed by atoms with Gasteiger partial charge in [-0.2, -0.15) is 0 Å². The van der Waals surface area contributed by atoms with Crippen LogP contribution in [-0.2, 0) is 23.5 Å². The second kappa shape index (κ2) is 9.78. The van der Waals surface area contributed by atoms with Crippen molar-refractivity contribution in [3.05, 3.63) is 83.2 Å². The highest BCUT2D eigenvalue weighted by Crippen LogP contribution is 2.25. The van der Waals surface area contributed by atoms with Gasteiger partial charge in [0.05, 0.1) is 10.9 Å². The highest BCUT2D eigenvalue weighted by atomic mass is 35.5. The van der Waals surface area contributed by atoms with Crippen molar-refractivity contribution in [3.63, 3.8) is 0 Å². The van der Waals surface area contributed by atoms with Crippen LogP contribution >= 0.6 is 23.4 Å². The van der Waals surface area contributed by atoms with E-state index in [9.17, 15) is 8.42 Å². The molecule has 9 heteroatoms. The Balaban J connectivity index is 1.93. The van der Waals surface area contributed by atoms with Gasteiger partial charge in [0.25, 0.3) is 0 Å². The SMILES string of the molecule is C=C(C)CSc1nnc([C@H](Cc2ccccc2)NS(=O)(=O)c2ccc(Cl)cc2)n1C. The van der Waals surface area contributed by atoms with Gasteiger partial charge in [-0.1, -0.05) is 65.8 Å². The lowest BCUT2D eigenvalue weighted by atomic mass is 10.1. The number of sulfonamides is 1. The van der Waals surface area contributed by atoms with E-state index in [0.29, 0.717) is 28.2 Å². The summed E-state index contributed by atoms with van der Waals surface area (Å²) in [4.78, 5) is 0.143. The summed E-state index contributed by atoms with van der Waals surface area (Å²) in [6.07, 6.45) is 0.435. The van der Waals surface area contributed by atoms with Crippen molar-refractivity contribution in [2.24, 2.45) is 7.05 Å². The first-order valence-corrected chi connectivity index (χ1v) is 12.1. The van der Waals surface area contributed by atoms with Crippen molar-refractivity contribution in [2.75, 3.05) is 5.75 Å². The van der Waals surface area contributed by atoms with Crippen LogP contribution in [0.2, 0.25) is 5.02 Å². The van der Waals surface area contributed by atoms with Crippen LogP contribution in [0.15, 0.2) is 76.8 Å². The molecule has 0 bridgehead atoms. The summed E-state index contributed by atoms with van der Waals surface area (Å²) in [5, 5.41) is 9.72. The van der Waals surface area contributed by atoms with Crippen molar-refractivity contribution in [1.82, 2.24) is 19.5 Å². The lowest BCUT2D eigenvalue weighted by molar-refractivity contribution is 0.530. The fourth-order valence-electron chi connectivity index (χ4n) is 2.85. The molecule has 0 aliphatic heterocycles. The van der Waals surface area contributed by atoms with Crippen molar-refractivity contribution < 1.29 is 8.42 Å². The number of rotatable bonds is 9. The molecule has 1 N–H and O–H groups in total. The zero-order valence-corrected chi connectivity index (χ0v) is 19.1. The summed E-state index contributed by atoms with van der Waals surface area (Å²) >= 11 is 7.41. The maximum Gasteiger partial charge on any atom is 0.241 e. The molecule has 158 valence electrons. The van der Waals surface area contributed by atoms with E-state index in [0.717, 1.165) is 11.1 Å². The number of hydrogen-bond acceptors (Lipinski definition) is 5. The van der Waals surface area contributed by atoms with Gasteiger partial charge in [0.2, 0.25) is 10.0 Å². The Morgan fingerprint density at radius 1 is 1.17 bits per heavy atom. The third-order valence-corrected chi connectivity index (χ3v) is 7.32. The molecular formula is C21H23ClN4O2S2. The molecule has 1 atom stereocenters. The molecule has 0 aliphatic carbocycles. The molecule has 1 heterocycles. The lowest BCUT2D eigenvalue weighted by Gasteiger charge is -2.19. The molecule has 1 aromatic heterocycles. The average molecular weight is 463 g/mol. The number of nitrogens with zero attached hydrogens (tertiary/aromatic N) is 3. The highest BCUT2D eigenvalue weighted by molar-refractivity contribution is 7.99. The predicted octanol–water partition coefficient (Wildman–Crippen LogP) is 4.40. The van der Waals surface area contributed by atoms with Gasteiger partial charge in [0, 0.05) is 17.8 Å². The number of nitrogens with one attached hydrogen (secondary N) is 1. The summed E-state index contributed by atoms with van der Waals surface area (Å²) in [6.45, 7) is 5.85. The summed E-state index contributed by atoms with van der Waals surface area (Å²) < 4.78 is 30.7. The predicted molar refractivity (Wildman–Crippen MR) is 121 cm³/mol. The van der Waals surface area contributed by atoms with Gasteiger partial charge in [-0.05, 0) is 43.2 Å². The standard InChI is InChI=1S/C21H23ClN4O2S2/c1-15(2)14-29-21-24-23-20(26(21)3)19(13-16-7-5-4-6-8-16)25-30(27,28)18-11-9-17(22)10-12-18/h4-12,19,25H,1,13-14H2,2-3H3/t19-/m0/s1. The molecule has 0 aliphatic rings. The smallest absolute Gasteiger partial charge is 0.241 e. The molecule has 0 saturated carbocycles.